The van der Waals surface area contributed by atoms with Crippen molar-refractivity contribution in [2.24, 2.45) is 10.2 Å². The summed E-state index contributed by atoms with van der Waals surface area (Å²) in [4.78, 5) is 30.4. The minimum Gasteiger partial charge on any atom is -0.506 e. The molecule has 0 spiro atoms. The van der Waals surface area contributed by atoms with E-state index in [2.05, 4.69) is 20.5 Å². The SMILES string of the molecule is O=C(Cc1ccc(O)c(Cl)c1)N=Nc1c(O)[nH]c2ccc(C(=O)N3CCC[C@@H]3CNC3CC3)c(Cl)c12. The highest BCUT2D eigenvalue weighted by Gasteiger charge is 2.32. The number of aromatic amines is 1. The van der Waals surface area contributed by atoms with Gasteiger partial charge in [-0.05, 0) is 55.5 Å². The standard InChI is InChI=1S/C25H25Cl2N5O4/c26-17-10-13(3-8-19(17)33)11-20(34)30-31-23-21-18(29-24(23)35)7-6-16(22(21)27)25(36)32-9-1-2-15(32)12-28-14-4-5-14/h3,6-8,10,14-15,28-29,33,35H,1-2,4-5,9,11-12H2/t15-/m1/s1. The molecule has 2 aromatic carbocycles. The zero-order chi connectivity index (χ0) is 25.4. The number of aromatic hydroxyl groups is 2. The van der Waals surface area contributed by atoms with E-state index in [1.165, 1.54) is 25.0 Å². The predicted molar refractivity (Wildman–Crippen MR) is 136 cm³/mol. The van der Waals surface area contributed by atoms with Crippen molar-refractivity contribution < 1.29 is 19.8 Å². The molecule has 2 fully saturated rings. The predicted octanol–water partition coefficient (Wildman–Crippen LogP) is 5.10. The molecule has 9 nitrogen and oxygen atoms in total. The van der Waals surface area contributed by atoms with Gasteiger partial charge in [0.1, 0.15) is 5.75 Å². The number of hydrogen-bond acceptors (Lipinski definition) is 6. The van der Waals surface area contributed by atoms with Crippen molar-refractivity contribution >= 4 is 51.6 Å². The Morgan fingerprint density at radius 1 is 1.14 bits per heavy atom. The van der Waals surface area contributed by atoms with Crippen LogP contribution in [0.4, 0.5) is 5.69 Å². The summed E-state index contributed by atoms with van der Waals surface area (Å²) in [6, 6.07) is 8.36. The second-order valence-electron chi connectivity index (χ2n) is 9.21. The van der Waals surface area contributed by atoms with Crippen LogP contribution >= 0.6 is 23.2 Å². The van der Waals surface area contributed by atoms with E-state index < -0.39 is 5.91 Å². The van der Waals surface area contributed by atoms with E-state index in [-0.39, 0.29) is 45.7 Å². The molecule has 1 saturated heterocycles. The normalized spacial score (nSPS) is 17.9. The number of nitrogens with one attached hydrogen (secondary N) is 2. The summed E-state index contributed by atoms with van der Waals surface area (Å²) < 4.78 is 0. The van der Waals surface area contributed by atoms with Gasteiger partial charge in [-0.25, -0.2) is 0 Å². The van der Waals surface area contributed by atoms with Crippen LogP contribution in [-0.4, -0.2) is 57.1 Å². The number of aromatic nitrogens is 1. The third-order valence-corrected chi connectivity index (χ3v) is 7.27. The Labute approximate surface area is 217 Å². The topological polar surface area (TPSA) is 130 Å². The van der Waals surface area contributed by atoms with Gasteiger partial charge < -0.3 is 25.4 Å². The van der Waals surface area contributed by atoms with Gasteiger partial charge in [-0.3, -0.25) is 9.59 Å². The lowest BCUT2D eigenvalue weighted by Gasteiger charge is -2.25. The van der Waals surface area contributed by atoms with Crippen molar-refractivity contribution in [3.05, 3.63) is 51.5 Å². The number of azo groups is 1. The van der Waals surface area contributed by atoms with Crippen molar-refractivity contribution in [2.75, 3.05) is 13.1 Å². The van der Waals surface area contributed by atoms with Gasteiger partial charge >= 0.3 is 0 Å². The molecule has 3 aromatic rings. The second kappa shape index (κ2) is 10.1. The van der Waals surface area contributed by atoms with E-state index >= 15 is 0 Å². The molecule has 0 unspecified atom stereocenters. The number of amides is 2. The van der Waals surface area contributed by atoms with Crippen LogP contribution in [0.1, 0.15) is 41.6 Å². The fraction of sp³-hybridized carbons (Fsp3) is 0.360. The first-order chi connectivity index (χ1) is 17.3. The van der Waals surface area contributed by atoms with Crippen LogP contribution in [-0.2, 0) is 11.2 Å². The van der Waals surface area contributed by atoms with Crippen LogP contribution in [0.25, 0.3) is 10.9 Å². The van der Waals surface area contributed by atoms with Crippen LogP contribution in [0.3, 0.4) is 0 Å². The Morgan fingerprint density at radius 3 is 2.69 bits per heavy atom. The van der Waals surface area contributed by atoms with Gasteiger partial charge in [0.05, 0.1) is 32.9 Å². The van der Waals surface area contributed by atoms with Crippen molar-refractivity contribution in [2.45, 2.75) is 44.2 Å². The number of fused-ring (bicyclic) bond motifs is 1. The molecular formula is C25H25Cl2N5O4. The van der Waals surface area contributed by atoms with Crippen molar-refractivity contribution in [1.82, 2.24) is 15.2 Å². The zero-order valence-electron chi connectivity index (χ0n) is 19.3. The van der Waals surface area contributed by atoms with E-state index in [0.29, 0.717) is 34.6 Å². The van der Waals surface area contributed by atoms with Crippen LogP contribution in [0.15, 0.2) is 40.6 Å². The molecule has 1 aliphatic carbocycles. The molecule has 11 heteroatoms. The van der Waals surface area contributed by atoms with Gasteiger partial charge in [-0.2, -0.15) is 0 Å². The average molecular weight is 530 g/mol. The Kier molecular flexibility index (Phi) is 6.87. The molecule has 2 aliphatic rings. The highest BCUT2D eigenvalue weighted by Crippen LogP contribution is 2.42. The molecule has 1 saturated carbocycles. The number of benzene rings is 2. The van der Waals surface area contributed by atoms with Crippen LogP contribution in [0, 0.1) is 0 Å². The number of likely N-dealkylation sites (tertiary alicyclic amines) is 1. The molecule has 0 radical (unpaired) electrons. The van der Waals surface area contributed by atoms with Crippen LogP contribution < -0.4 is 5.32 Å². The Bertz CT molecular complexity index is 1370. The summed E-state index contributed by atoms with van der Waals surface area (Å²) in [6.07, 6.45) is 4.13. The fourth-order valence-electron chi connectivity index (χ4n) is 4.52. The van der Waals surface area contributed by atoms with Gasteiger partial charge in [-0.1, -0.05) is 29.3 Å². The first kappa shape index (κ1) is 24.5. The Morgan fingerprint density at radius 2 is 1.94 bits per heavy atom. The summed E-state index contributed by atoms with van der Waals surface area (Å²) in [5.74, 6) is -1.16. The number of phenols is 1. The summed E-state index contributed by atoms with van der Waals surface area (Å²) in [5.41, 5.74) is 1.31. The molecule has 5 rings (SSSR count). The second-order valence-corrected chi connectivity index (χ2v) is 9.99. The van der Waals surface area contributed by atoms with Crippen LogP contribution in [0.5, 0.6) is 11.6 Å². The number of hydrogen-bond donors (Lipinski definition) is 4. The van der Waals surface area contributed by atoms with E-state index in [9.17, 15) is 19.8 Å². The highest BCUT2D eigenvalue weighted by atomic mass is 35.5. The number of nitrogens with zero attached hydrogens (tertiary/aromatic N) is 3. The third-order valence-electron chi connectivity index (χ3n) is 6.57. The monoisotopic (exact) mass is 529 g/mol. The van der Waals surface area contributed by atoms with Crippen molar-refractivity contribution in [1.29, 1.82) is 0 Å². The van der Waals surface area contributed by atoms with E-state index in [4.69, 9.17) is 23.2 Å². The summed E-state index contributed by atoms with van der Waals surface area (Å²) in [6.45, 7) is 1.42. The number of phenolic OH excluding ortho intramolecular Hbond substituents is 1. The Hall–Kier alpha value is -3.14. The minimum atomic E-state index is -0.586. The Balaban J connectivity index is 1.38. The summed E-state index contributed by atoms with van der Waals surface area (Å²) >= 11 is 12.6. The van der Waals surface area contributed by atoms with E-state index in [0.717, 1.165) is 19.4 Å². The average Bonchev–Trinajstić information content (AvgIpc) is 3.45. The zero-order valence-corrected chi connectivity index (χ0v) is 20.8. The number of carbonyl (C=O) groups excluding carboxylic acids is 2. The molecule has 4 N–H and O–H groups in total. The maximum absolute atomic E-state index is 13.4. The quantitative estimate of drug-likeness (QED) is 0.316. The van der Waals surface area contributed by atoms with Crippen LogP contribution in [0.2, 0.25) is 10.0 Å². The number of H-pyrrole nitrogens is 1. The molecule has 188 valence electrons. The smallest absolute Gasteiger partial charge is 0.269 e. The lowest BCUT2D eigenvalue weighted by atomic mass is 10.1. The molecule has 2 heterocycles. The first-order valence-electron chi connectivity index (χ1n) is 11.8. The molecule has 2 amide bonds. The largest absolute Gasteiger partial charge is 0.506 e. The molecule has 1 aliphatic heterocycles. The van der Waals surface area contributed by atoms with Gasteiger partial charge in [-0.15, -0.1) is 10.2 Å². The number of carbonyl (C=O) groups is 2. The lowest BCUT2D eigenvalue weighted by Crippen LogP contribution is -2.42. The maximum Gasteiger partial charge on any atom is 0.269 e. The molecule has 36 heavy (non-hydrogen) atoms. The highest BCUT2D eigenvalue weighted by molar-refractivity contribution is 6.39. The lowest BCUT2D eigenvalue weighted by molar-refractivity contribution is -0.117. The van der Waals surface area contributed by atoms with Crippen molar-refractivity contribution in [3.63, 3.8) is 0 Å². The summed E-state index contributed by atoms with van der Waals surface area (Å²) in [7, 11) is 0. The van der Waals surface area contributed by atoms with Gasteiger partial charge in [0.2, 0.25) is 5.88 Å². The fourth-order valence-corrected chi connectivity index (χ4v) is 5.05. The van der Waals surface area contributed by atoms with Crippen molar-refractivity contribution in [3.8, 4) is 11.6 Å². The number of rotatable bonds is 7. The maximum atomic E-state index is 13.4. The molecule has 1 atom stereocenters. The number of halogens is 2. The van der Waals surface area contributed by atoms with E-state index in [1.807, 2.05) is 4.90 Å². The third kappa shape index (κ3) is 5.04. The molecular weight excluding hydrogens is 505 g/mol. The van der Waals surface area contributed by atoms with Gasteiger partial charge in [0.25, 0.3) is 11.8 Å². The summed E-state index contributed by atoms with van der Waals surface area (Å²) in [5, 5.41) is 31.7. The van der Waals surface area contributed by atoms with Gasteiger partial charge in [0.15, 0.2) is 5.69 Å². The molecule has 1 aromatic heterocycles. The first-order valence-corrected chi connectivity index (χ1v) is 12.6. The van der Waals surface area contributed by atoms with Gasteiger partial charge in [0, 0.05) is 25.2 Å². The van der Waals surface area contributed by atoms with E-state index in [1.54, 1.807) is 18.2 Å². The minimum absolute atomic E-state index is 0.0184. The molecule has 0 bridgehead atoms.